The summed E-state index contributed by atoms with van der Waals surface area (Å²) in [5.41, 5.74) is 2.62. The lowest BCUT2D eigenvalue weighted by Gasteiger charge is -2.02. The fraction of sp³-hybridized carbons (Fsp3) is 0.333. The topological polar surface area (TPSA) is 56.5 Å². The van der Waals surface area contributed by atoms with Crippen molar-refractivity contribution in [1.82, 2.24) is 25.0 Å². The van der Waals surface area contributed by atoms with Gasteiger partial charge in [0.2, 0.25) is 0 Å². The van der Waals surface area contributed by atoms with Crippen LogP contribution in [0.5, 0.6) is 0 Å². The van der Waals surface area contributed by atoms with Crippen LogP contribution in [0.15, 0.2) is 18.6 Å². The summed E-state index contributed by atoms with van der Waals surface area (Å²) in [5.74, 6) is 0.395. The first kappa shape index (κ1) is 10.0. The Bertz CT molecular complexity index is 436. The minimum absolute atomic E-state index is 0.395. The fourth-order valence-electron chi connectivity index (χ4n) is 1.17. The second-order valence-electron chi connectivity index (χ2n) is 3.17. The SMILES string of the molecule is Cc1cnc(Cn2nncc2CCl)cn1. The summed E-state index contributed by atoms with van der Waals surface area (Å²) in [6.07, 6.45) is 5.11. The van der Waals surface area contributed by atoms with E-state index in [0.29, 0.717) is 12.4 Å². The van der Waals surface area contributed by atoms with E-state index in [9.17, 15) is 0 Å². The first-order valence-electron chi connectivity index (χ1n) is 4.50. The lowest BCUT2D eigenvalue weighted by atomic mass is 10.4. The summed E-state index contributed by atoms with van der Waals surface area (Å²) in [6.45, 7) is 2.45. The highest BCUT2D eigenvalue weighted by Gasteiger charge is 2.04. The van der Waals surface area contributed by atoms with Crippen molar-refractivity contribution in [3.8, 4) is 0 Å². The van der Waals surface area contributed by atoms with Crippen LogP contribution in [-0.2, 0) is 12.4 Å². The molecule has 78 valence electrons. The first-order valence-corrected chi connectivity index (χ1v) is 5.04. The number of aromatic nitrogens is 5. The average Bonchev–Trinajstić information content (AvgIpc) is 2.69. The van der Waals surface area contributed by atoms with Gasteiger partial charge in [0.25, 0.3) is 0 Å². The molecule has 2 aromatic heterocycles. The maximum Gasteiger partial charge on any atom is 0.0868 e. The molecule has 0 aliphatic carbocycles. The van der Waals surface area contributed by atoms with Gasteiger partial charge in [-0.15, -0.1) is 16.7 Å². The average molecular weight is 224 g/mol. The molecule has 15 heavy (non-hydrogen) atoms. The van der Waals surface area contributed by atoms with Crippen LogP contribution in [0.1, 0.15) is 17.1 Å². The maximum absolute atomic E-state index is 5.73. The zero-order valence-electron chi connectivity index (χ0n) is 8.26. The van der Waals surface area contributed by atoms with Crippen molar-refractivity contribution < 1.29 is 0 Å². The highest BCUT2D eigenvalue weighted by Crippen LogP contribution is 2.04. The predicted octanol–water partition coefficient (Wildman–Crippen LogP) is 1.16. The van der Waals surface area contributed by atoms with E-state index in [0.717, 1.165) is 17.1 Å². The molecule has 2 aromatic rings. The van der Waals surface area contributed by atoms with Crippen LogP contribution in [-0.4, -0.2) is 25.0 Å². The van der Waals surface area contributed by atoms with E-state index in [-0.39, 0.29) is 0 Å². The second-order valence-corrected chi connectivity index (χ2v) is 3.43. The second kappa shape index (κ2) is 4.35. The van der Waals surface area contributed by atoms with Crippen molar-refractivity contribution in [1.29, 1.82) is 0 Å². The van der Waals surface area contributed by atoms with Gasteiger partial charge in [-0.05, 0) is 6.92 Å². The van der Waals surface area contributed by atoms with Crippen molar-refractivity contribution in [2.24, 2.45) is 0 Å². The van der Waals surface area contributed by atoms with E-state index >= 15 is 0 Å². The van der Waals surface area contributed by atoms with Gasteiger partial charge in [0.15, 0.2) is 0 Å². The zero-order valence-corrected chi connectivity index (χ0v) is 9.02. The van der Waals surface area contributed by atoms with Gasteiger partial charge in [0.05, 0.1) is 41.9 Å². The minimum Gasteiger partial charge on any atom is -0.258 e. The third-order valence-electron chi connectivity index (χ3n) is 1.98. The number of aryl methyl sites for hydroxylation is 1. The molecule has 0 amide bonds. The molecule has 0 atom stereocenters. The summed E-state index contributed by atoms with van der Waals surface area (Å²) in [5, 5.41) is 7.71. The first-order chi connectivity index (χ1) is 7.29. The Morgan fingerprint density at radius 1 is 1.27 bits per heavy atom. The number of hydrogen-bond acceptors (Lipinski definition) is 4. The molecule has 2 rings (SSSR count). The third-order valence-corrected chi connectivity index (χ3v) is 2.25. The predicted molar refractivity (Wildman–Crippen MR) is 55.5 cm³/mol. The molecule has 0 fully saturated rings. The lowest BCUT2D eigenvalue weighted by molar-refractivity contribution is 0.618. The van der Waals surface area contributed by atoms with Gasteiger partial charge in [-0.3, -0.25) is 9.97 Å². The van der Waals surface area contributed by atoms with Crippen molar-refractivity contribution in [2.75, 3.05) is 0 Å². The van der Waals surface area contributed by atoms with Crippen LogP contribution in [0.2, 0.25) is 0 Å². The summed E-state index contributed by atoms with van der Waals surface area (Å²) >= 11 is 5.73. The van der Waals surface area contributed by atoms with Crippen LogP contribution in [0.3, 0.4) is 0 Å². The van der Waals surface area contributed by atoms with E-state index in [2.05, 4.69) is 20.3 Å². The van der Waals surface area contributed by atoms with Crippen molar-refractivity contribution in [2.45, 2.75) is 19.3 Å². The summed E-state index contributed by atoms with van der Waals surface area (Å²) in [7, 11) is 0. The molecular formula is C9H10ClN5. The van der Waals surface area contributed by atoms with Gasteiger partial charge in [-0.25, -0.2) is 4.68 Å². The molecule has 0 spiro atoms. The Morgan fingerprint density at radius 3 is 2.80 bits per heavy atom. The van der Waals surface area contributed by atoms with Crippen molar-refractivity contribution in [3.63, 3.8) is 0 Å². The van der Waals surface area contributed by atoms with Crippen LogP contribution in [0, 0.1) is 6.92 Å². The van der Waals surface area contributed by atoms with E-state index in [1.807, 2.05) is 6.92 Å². The Kier molecular flexibility index (Phi) is 2.91. The third kappa shape index (κ3) is 2.30. The molecule has 2 heterocycles. The molecule has 0 N–H and O–H groups in total. The van der Waals surface area contributed by atoms with Crippen molar-refractivity contribution in [3.05, 3.63) is 35.7 Å². The summed E-state index contributed by atoms with van der Waals surface area (Å²) in [4.78, 5) is 8.39. The number of nitrogens with zero attached hydrogens (tertiary/aromatic N) is 5. The van der Waals surface area contributed by atoms with E-state index in [1.54, 1.807) is 23.3 Å². The summed E-state index contributed by atoms with van der Waals surface area (Å²) in [6, 6.07) is 0. The molecule has 0 aliphatic rings. The number of halogens is 1. The molecule has 0 aliphatic heterocycles. The molecule has 0 saturated carbocycles. The largest absolute Gasteiger partial charge is 0.258 e. The maximum atomic E-state index is 5.73. The molecular weight excluding hydrogens is 214 g/mol. The normalized spacial score (nSPS) is 10.5. The molecule has 0 bridgehead atoms. The molecule has 0 radical (unpaired) electrons. The smallest absolute Gasteiger partial charge is 0.0868 e. The van der Waals surface area contributed by atoms with E-state index in [1.165, 1.54) is 0 Å². The van der Waals surface area contributed by atoms with Crippen molar-refractivity contribution >= 4 is 11.6 Å². The monoisotopic (exact) mass is 223 g/mol. The fourth-order valence-corrected chi connectivity index (χ4v) is 1.38. The number of rotatable bonds is 3. The standard InChI is InChI=1S/C9H10ClN5/c1-7-3-12-8(4-11-7)6-15-9(2-10)5-13-14-15/h3-5H,2,6H2,1H3. The Labute approximate surface area is 92.1 Å². The minimum atomic E-state index is 0.395. The van der Waals surface area contributed by atoms with Gasteiger partial charge >= 0.3 is 0 Å². The molecule has 0 aromatic carbocycles. The van der Waals surface area contributed by atoms with Gasteiger partial charge in [0, 0.05) is 6.20 Å². The quantitative estimate of drug-likeness (QED) is 0.733. The molecule has 0 unspecified atom stereocenters. The number of hydrogen-bond donors (Lipinski definition) is 0. The highest BCUT2D eigenvalue weighted by molar-refractivity contribution is 6.16. The van der Waals surface area contributed by atoms with Gasteiger partial charge in [-0.1, -0.05) is 5.21 Å². The van der Waals surface area contributed by atoms with Crippen LogP contribution < -0.4 is 0 Å². The van der Waals surface area contributed by atoms with Gasteiger partial charge in [-0.2, -0.15) is 0 Å². The molecule has 5 nitrogen and oxygen atoms in total. The van der Waals surface area contributed by atoms with Gasteiger partial charge in [0.1, 0.15) is 0 Å². The van der Waals surface area contributed by atoms with E-state index < -0.39 is 0 Å². The Hall–Kier alpha value is -1.49. The van der Waals surface area contributed by atoms with Crippen LogP contribution in [0.4, 0.5) is 0 Å². The van der Waals surface area contributed by atoms with Gasteiger partial charge < -0.3 is 0 Å². The Balaban J connectivity index is 2.18. The highest BCUT2D eigenvalue weighted by atomic mass is 35.5. The van der Waals surface area contributed by atoms with Crippen LogP contribution in [0.25, 0.3) is 0 Å². The Morgan fingerprint density at radius 2 is 2.13 bits per heavy atom. The number of alkyl halides is 1. The zero-order chi connectivity index (χ0) is 10.7. The molecule has 6 heteroatoms. The lowest BCUT2D eigenvalue weighted by Crippen LogP contribution is -2.07. The van der Waals surface area contributed by atoms with E-state index in [4.69, 9.17) is 11.6 Å². The summed E-state index contributed by atoms with van der Waals surface area (Å²) < 4.78 is 1.71. The molecule has 0 saturated heterocycles. The van der Waals surface area contributed by atoms with Crippen LogP contribution >= 0.6 is 11.6 Å².